The molecule has 0 fully saturated rings. The number of aryl methyl sites for hydroxylation is 1. The number of allylic oxidation sites excluding steroid dienone is 1. The number of nitrogens with zero attached hydrogens (tertiary/aromatic N) is 2. The highest BCUT2D eigenvalue weighted by Crippen LogP contribution is 2.42. The summed E-state index contributed by atoms with van der Waals surface area (Å²) in [5.74, 6) is -1.46. The van der Waals surface area contributed by atoms with E-state index in [1.54, 1.807) is 12.3 Å². The van der Waals surface area contributed by atoms with Crippen molar-refractivity contribution in [2.45, 2.75) is 38.2 Å². The van der Waals surface area contributed by atoms with Gasteiger partial charge in [0.2, 0.25) is 5.69 Å². The minimum atomic E-state index is -1.59. The summed E-state index contributed by atoms with van der Waals surface area (Å²) in [5.41, 5.74) is 2.42. The van der Waals surface area contributed by atoms with Crippen LogP contribution in [-0.4, -0.2) is 29.7 Å². The second kappa shape index (κ2) is 9.78. The number of aromatic nitrogens is 1. The molecule has 1 N–H and O–H groups in total. The van der Waals surface area contributed by atoms with E-state index >= 15 is 4.39 Å². The number of Topliss-reactive ketones (excluding diaryl/α,β-unsaturated/α-hetero) is 1. The zero-order valence-corrected chi connectivity index (χ0v) is 21.5. The number of hydrogen-bond donors (Lipinski definition) is 1. The van der Waals surface area contributed by atoms with Crippen molar-refractivity contribution in [3.8, 4) is 11.1 Å². The normalized spacial score (nSPS) is 18.1. The van der Waals surface area contributed by atoms with Gasteiger partial charge >= 0.3 is 5.97 Å². The number of ether oxygens (including phenoxy) is 1. The van der Waals surface area contributed by atoms with Gasteiger partial charge in [-0.05, 0) is 54.7 Å². The van der Waals surface area contributed by atoms with E-state index in [1.165, 1.54) is 32.4 Å². The summed E-state index contributed by atoms with van der Waals surface area (Å²) >= 11 is 5.98. The van der Waals surface area contributed by atoms with Gasteiger partial charge in [0.05, 0.1) is 29.8 Å². The molecule has 0 radical (unpaired) electrons. The number of carbonyl (C=O) groups is 2. The first-order valence-electron chi connectivity index (χ1n) is 12.0. The molecule has 2 aliphatic rings. The lowest BCUT2D eigenvalue weighted by atomic mass is 9.89. The van der Waals surface area contributed by atoms with E-state index in [-0.39, 0.29) is 52.0 Å². The summed E-state index contributed by atoms with van der Waals surface area (Å²) in [5, 5.41) is 24.8. The lowest BCUT2D eigenvalue weighted by Gasteiger charge is -2.23. The first-order valence-corrected chi connectivity index (χ1v) is 12.4. The summed E-state index contributed by atoms with van der Waals surface area (Å²) in [6.07, 6.45) is 3.96. The molecule has 3 aromatic rings. The quantitative estimate of drug-likeness (QED) is 0.213. The van der Waals surface area contributed by atoms with Gasteiger partial charge in [-0.25, -0.2) is 4.39 Å². The summed E-state index contributed by atoms with van der Waals surface area (Å²) in [6.45, 7) is 1.32. The smallest absolute Gasteiger partial charge is 0.309 e. The third-order valence-electron chi connectivity index (χ3n) is 7.13. The lowest BCUT2D eigenvalue weighted by Crippen LogP contribution is -2.45. The van der Waals surface area contributed by atoms with E-state index in [0.717, 1.165) is 16.7 Å². The van der Waals surface area contributed by atoms with Crippen molar-refractivity contribution in [3.63, 3.8) is 0 Å². The number of fused-ring (bicyclic) bond motifs is 1. The van der Waals surface area contributed by atoms with Crippen molar-refractivity contribution in [2.24, 2.45) is 4.99 Å². The maximum atomic E-state index is 15.0. The van der Waals surface area contributed by atoms with Crippen LogP contribution in [0.3, 0.4) is 0 Å². The number of ketones is 1. The number of esters is 1. The van der Waals surface area contributed by atoms with Crippen molar-refractivity contribution >= 4 is 34.6 Å². The third kappa shape index (κ3) is 4.40. The van der Waals surface area contributed by atoms with Gasteiger partial charge in [0, 0.05) is 29.3 Å². The Hall–Kier alpha value is -3.88. The zero-order valence-electron chi connectivity index (χ0n) is 20.8. The topological polar surface area (TPSA) is 103 Å². The second-order valence-electron chi connectivity index (χ2n) is 9.49. The number of carbonyl (C=O) groups excluding carboxylic acids is 2. The van der Waals surface area contributed by atoms with E-state index in [2.05, 4.69) is 4.99 Å². The molecule has 0 bridgehead atoms. The number of aliphatic hydroxyl groups is 1. The van der Waals surface area contributed by atoms with Crippen molar-refractivity contribution in [1.29, 1.82) is 0 Å². The number of benzene rings is 2. The van der Waals surface area contributed by atoms with Gasteiger partial charge in [0.25, 0.3) is 0 Å². The Kier molecular flexibility index (Phi) is 6.63. The molecule has 0 spiro atoms. The highest BCUT2D eigenvalue weighted by atomic mass is 35.5. The Labute approximate surface area is 223 Å². The number of halogens is 2. The van der Waals surface area contributed by atoms with E-state index in [9.17, 15) is 19.9 Å². The van der Waals surface area contributed by atoms with Crippen LogP contribution in [0, 0.1) is 11.0 Å². The van der Waals surface area contributed by atoms with Crippen LogP contribution < -0.4 is 4.73 Å². The number of methoxy groups -OCH3 is 1. The summed E-state index contributed by atoms with van der Waals surface area (Å²) in [6, 6.07) is 11.8. The van der Waals surface area contributed by atoms with Crippen LogP contribution in [-0.2, 0) is 28.0 Å². The fourth-order valence-corrected chi connectivity index (χ4v) is 5.33. The van der Waals surface area contributed by atoms with Crippen LogP contribution in [0.15, 0.2) is 59.9 Å². The monoisotopic (exact) mass is 534 g/mol. The van der Waals surface area contributed by atoms with Crippen molar-refractivity contribution in [1.82, 2.24) is 0 Å². The van der Waals surface area contributed by atoms with Crippen molar-refractivity contribution in [2.75, 3.05) is 7.11 Å². The first-order chi connectivity index (χ1) is 18.1. The van der Waals surface area contributed by atoms with Gasteiger partial charge in [-0.3, -0.25) is 14.6 Å². The molecule has 0 amide bonds. The Morgan fingerprint density at radius 1 is 1.21 bits per heavy atom. The Balaban J connectivity index is 1.43. The highest BCUT2D eigenvalue weighted by Gasteiger charge is 2.49. The van der Waals surface area contributed by atoms with Gasteiger partial charge in [0.15, 0.2) is 23.4 Å². The fourth-order valence-electron chi connectivity index (χ4n) is 5.17. The van der Waals surface area contributed by atoms with Gasteiger partial charge in [-0.2, -0.15) is 4.73 Å². The summed E-state index contributed by atoms with van der Waals surface area (Å²) in [4.78, 5) is 28.1. The van der Waals surface area contributed by atoms with E-state index in [4.69, 9.17) is 16.3 Å². The Morgan fingerprint density at radius 3 is 2.63 bits per heavy atom. The molecule has 2 aromatic carbocycles. The Bertz CT molecular complexity index is 1550. The van der Waals surface area contributed by atoms with Crippen LogP contribution >= 0.6 is 11.6 Å². The zero-order chi connectivity index (χ0) is 27.2. The number of aliphatic imine (C=N–C) groups is 1. The summed E-state index contributed by atoms with van der Waals surface area (Å²) < 4.78 is 20.3. The minimum Gasteiger partial charge on any atom is -0.618 e. The third-order valence-corrected chi connectivity index (χ3v) is 7.43. The second-order valence-corrected chi connectivity index (χ2v) is 9.89. The van der Waals surface area contributed by atoms with Gasteiger partial charge in [-0.1, -0.05) is 35.9 Å². The van der Waals surface area contributed by atoms with Crippen LogP contribution in [0.4, 0.5) is 4.39 Å². The van der Waals surface area contributed by atoms with Gasteiger partial charge in [0.1, 0.15) is 0 Å². The van der Waals surface area contributed by atoms with Crippen molar-refractivity contribution in [3.05, 3.63) is 98.9 Å². The molecule has 1 aliphatic heterocycles. The van der Waals surface area contributed by atoms with Crippen molar-refractivity contribution < 1.29 is 28.6 Å². The minimum absolute atomic E-state index is 0.0364. The SMILES string of the molecule is COC(=O)Cc1ccc(C2=CN=C(C3(O)CCc4cc(-c5c(C(C)=O)ccc(Cl)c5F)c[n+]([O-])c43)C2)cc1. The predicted octanol–water partition coefficient (Wildman–Crippen LogP) is 4.72. The molecule has 9 heteroatoms. The van der Waals surface area contributed by atoms with E-state index < -0.39 is 11.4 Å². The molecular weight excluding hydrogens is 511 g/mol. The van der Waals surface area contributed by atoms with Crippen LogP contribution in [0.25, 0.3) is 16.7 Å². The standard InChI is InChI=1S/C29H24ClFN2O5/c1-16(34)22-7-8-23(30)27(31)26(22)21-12-19-9-10-29(36,28(19)33(37)15-21)24-13-20(14-32-24)18-5-3-17(4-6-18)11-25(35)38-2/h3-8,12,14-15,36H,9-11,13H2,1-2H3. The molecule has 1 aliphatic carbocycles. The molecule has 2 heterocycles. The number of rotatable bonds is 6. The molecule has 1 unspecified atom stereocenters. The highest BCUT2D eigenvalue weighted by molar-refractivity contribution is 6.31. The molecule has 5 rings (SSSR count). The van der Waals surface area contributed by atoms with Crippen LogP contribution in [0.1, 0.15) is 52.5 Å². The average molecular weight is 535 g/mol. The van der Waals surface area contributed by atoms with Gasteiger partial charge in [-0.15, -0.1) is 0 Å². The number of hydrogen-bond acceptors (Lipinski definition) is 6. The molecule has 1 atom stereocenters. The summed E-state index contributed by atoms with van der Waals surface area (Å²) in [7, 11) is 1.34. The number of pyridine rings is 1. The van der Waals surface area contributed by atoms with Gasteiger partial charge < -0.3 is 15.1 Å². The Morgan fingerprint density at radius 2 is 1.95 bits per heavy atom. The maximum absolute atomic E-state index is 15.0. The lowest BCUT2D eigenvalue weighted by molar-refractivity contribution is -0.619. The molecule has 7 nitrogen and oxygen atoms in total. The molecular formula is C29H24ClFN2O5. The first kappa shape index (κ1) is 25.8. The molecule has 194 valence electrons. The van der Waals surface area contributed by atoms with E-state index in [0.29, 0.717) is 28.8 Å². The molecule has 0 saturated heterocycles. The maximum Gasteiger partial charge on any atom is 0.309 e. The van der Waals surface area contributed by atoms with Crippen LogP contribution in [0.5, 0.6) is 0 Å². The molecule has 0 saturated carbocycles. The molecule has 1 aromatic heterocycles. The largest absolute Gasteiger partial charge is 0.618 e. The van der Waals surface area contributed by atoms with E-state index in [1.807, 2.05) is 24.3 Å². The fraction of sp³-hybridized carbons (Fsp3) is 0.241. The molecule has 38 heavy (non-hydrogen) atoms. The predicted molar refractivity (Wildman–Crippen MR) is 140 cm³/mol. The van der Waals surface area contributed by atoms with Crippen LogP contribution in [0.2, 0.25) is 5.02 Å². The average Bonchev–Trinajstić information content (AvgIpc) is 3.52.